The maximum atomic E-state index is 12.7. The van der Waals surface area contributed by atoms with E-state index in [-0.39, 0.29) is 22.8 Å². The fraction of sp³-hybridized carbons (Fsp3) is 0.188. The second-order valence-electron chi connectivity index (χ2n) is 4.66. The Kier molecular flexibility index (Phi) is 5.43. The predicted octanol–water partition coefficient (Wildman–Crippen LogP) is 3.45. The molecule has 2 aromatic rings. The van der Waals surface area contributed by atoms with Crippen LogP contribution in [0.15, 0.2) is 57.9 Å². The number of hydrogen-bond donors (Lipinski definition) is 0. The largest absolute Gasteiger partial charge is 0.462 e. The highest BCUT2D eigenvalue weighted by Gasteiger charge is 2.25. The van der Waals surface area contributed by atoms with E-state index in [1.54, 1.807) is 43.3 Å². The number of anilines is 1. The molecule has 23 heavy (non-hydrogen) atoms. The molecule has 0 N–H and O–H groups in total. The molecule has 0 aliphatic heterocycles. The van der Waals surface area contributed by atoms with E-state index in [1.165, 1.54) is 19.2 Å². The molecule has 0 amide bonds. The van der Waals surface area contributed by atoms with Gasteiger partial charge >= 0.3 is 5.97 Å². The Bertz CT molecular complexity index is 803. The molecule has 0 radical (unpaired) electrons. The van der Waals surface area contributed by atoms with Crippen LogP contribution in [-0.4, -0.2) is 28.0 Å². The molecule has 0 saturated heterocycles. The molecule has 0 aromatic heterocycles. The Morgan fingerprint density at radius 1 is 1.13 bits per heavy atom. The summed E-state index contributed by atoms with van der Waals surface area (Å²) in [7, 11) is -2.36. The number of esters is 1. The van der Waals surface area contributed by atoms with Gasteiger partial charge in [-0.2, -0.15) is 0 Å². The topological polar surface area (TPSA) is 63.7 Å². The van der Waals surface area contributed by atoms with Gasteiger partial charge in [0.2, 0.25) is 0 Å². The Morgan fingerprint density at radius 3 is 2.35 bits per heavy atom. The summed E-state index contributed by atoms with van der Waals surface area (Å²) in [5, 5.41) is 0. The number of benzene rings is 2. The lowest BCUT2D eigenvalue weighted by Gasteiger charge is -2.21. The Labute approximate surface area is 144 Å². The summed E-state index contributed by atoms with van der Waals surface area (Å²) in [6, 6.07) is 12.8. The SMILES string of the molecule is CCOC(=O)c1ccccc1N(C)S(=O)(=O)c1ccc(Br)cc1. The van der Waals surface area contributed by atoms with Gasteiger partial charge in [0.15, 0.2) is 0 Å². The molecule has 0 atom stereocenters. The summed E-state index contributed by atoms with van der Waals surface area (Å²) in [4.78, 5) is 12.2. The molecule has 122 valence electrons. The molecule has 2 rings (SSSR count). The standard InChI is InChI=1S/C16H16BrNO4S/c1-3-22-16(19)14-6-4-5-7-15(14)18(2)23(20,21)13-10-8-12(17)9-11-13/h4-11H,3H2,1-2H3. The van der Waals surface area contributed by atoms with Gasteiger partial charge in [0.05, 0.1) is 22.8 Å². The highest BCUT2D eigenvalue weighted by atomic mass is 79.9. The molecule has 5 nitrogen and oxygen atoms in total. The Morgan fingerprint density at radius 2 is 1.74 bits per heavy atom. The third kappa shape index (κ3) is 3.73. The number of carbonyl (C=O) groups excluding carboxylic acids is 1. The van der Waals surface area contributed by atoms with Crippen LogP contribution in [0.1, 0.15) is 17.3 Å². The molecule has 7 heteroatoms. The van der Waals surface area contributed by atoms with Gasteiger partial charge in [0, 0.05) is 11.5 Å². The summed E-state index contributed by atoms with van der Waals surface area (Å²) in [6.45, 7) is 1.92. The molecule has 0 unspecified atom stereocenters. The van der Waals surface area contributed by atoms with Crippen LogP contribution in [0, 0.1) is 0 Å². The molecular weight excluding hydrogens is 382 g/mol. The van der Waals surface area contributed by atoms with E-state index >= 15 is 0 Å². The van der Waals surface area contributed by atoms with Crippen LogP contribution in [0.4, 0.5) is 5.69 Å². The Hall–Kier alpha value is -1.86. The normalized spacial score (nSPS) is 11.1. The number of ether oxygens (including phenoxy) is 1. The van der Waals surface area contributed by atoms with E-state index in [4.69, 9.17) is 4.74 Å². The van der Waals surface area contributed by atoms with Crippen molar-refractivity contribution in [1.82, 2.24) is 0 Å². The molecule has 0 aliphatic carbocycles. The first-order valence-electron chi connectivity index (χ1n) is 6.88. The van der Waals surface area contributed by atoms with Crippen LogP contribution in [0.25, 0.3) is 0 Å². The third-order valence-electron chi connectivity index (χ3n) is 3.21. The van der Waals surface area contributed by atoms with Crippen LogP contribution in [-0.2, 0) is 14.8 Å². The zero-order valence-electron chi connectivity index (χ0n) is 12.7. The fourth-order valence-electron chi connectivity index (χ4n) is 2.02. The van der Waals surface area contributed by atoms with Gasteiger partial charge in [-0.3, -0.25) is 4.31 Å². The van der Waals surface area contributed by atoms with Gasteiger partial charge in [-0.05, 0) is 43.3 Å². The average Bonchev–Trinajstić information content (AvgIpc) is 2.54. The second-order valence-corrected chi connectivity index (χ2v) is 7.55. The zero-order valence-corrected chi connectivity index (χ0v) is 15.1. The van der Waals surface area contributed by atoms with E-state index in [2.05, 4.69) is 15.9 Å². The van der Waals surface area contributed by atoms with Crippen LogP contribution in [0.2, 0.25) is 0 Å². The first-order chi connectivity index (χ1) is 10.9. The van der Waals surface area contributed by atoms with Gasteiger partial charge < -0.3 is 4.74 Å². The maximum Gasteiger partial charge on any atom is 0.340 e. The van der Waals surface area contributed by atoms with Gasteiger partial charge in [0.25, 0.3) is 10.0 Å². The van der Waals surface area contributed by atoms with Crippen molar-refractivity contribution in [2.45, 2.75) is 11.8 Å². The summed E-state index contributed by atoms with van der Waals surface area (Å²) in [5.74, 6) is -0.555. The number of sulfonamides is 1. The number of halogens is 1. The quantitative estimate of drug-likeness (QED) is 0.724. The van der Waals surface area contributed by atoms with Crippen molar-refractivity contribution < 1.29 is 17.9 Å². The zero-order chi connectivity index (χ0) is 17.0. The first-order valence-corrected chi connectivity index (χ1v) is 9.12. The number of para-hydroxylation sites is 1. The van der Waals surface area contributed by atoms with Crippen LogP contribution >= 0.6 is 15.9 Å². The minimum Gasteiger partial charge on any atom is -0.462 e. The van der Waals surface area contributed by atoms with Crippen molar-refractivity contribution in [3.8, 4) is 0 Å². The van der Waals surface area contributed by atoms with Crippen molar-refractivity contribution in [1.29, 1.82) is 0 Å². The smallest absolute Gasteiger partial charge is 0.340 e. The van der Waals surface area contributed by atoms with Gasteiger partial charge in [0.1, 0.15) is 0 Å². The molecule has 0 heterocycles. The summed E-state index contributed by atoms with van der Waals surface area (Å²) < 4.78 is 32.3. The van der Waals surface area contributed by atoms with Gasteiger partial charge in [-0.25, -0.2) is 13.2 Å². The second kappa shape index (κ2) is 7.14. The van der Waals surface area contributed by atoms with Gasteiger partial charge in [-0.15, -0.1) is 0 Å². The molecule has 2 aromatic carbocycles. The molecule has 0 aliphatic rings. The maximum absolute atomic E-state index is 12.7. The average molecular weight is 398 g/mol. The van der Waals surface area contributed by atoms with E-state index in [0.29, 0.717) is 0 Å². The predicted molar refractivity (Wildman–Crippen MR) is 92.1 cm³/mol. The van der Waals surface area contributed by atoms with Crippen molar-refractivity contribution in [2.24, 2.45) is 0 Å². The van der Waals surface area contributed by atoms with E-state index in [1.807, 2.05) is 0 Å². The molecule has 0 saturated carbocycles. The molecule has 0 fully saturated rings. The number of hydrogen-bond acceptors (Lipinski definition) is 4. The lowest BCUT2D eigenvalue weighted by Crippen LogP contribution is -2.28. The van der Waals surface area contributed by atoms with Crippen molar-refractivity contribution in [2.75, 3.05) is 18.0 Å². The number of nitrogens with zero attached hydrogens (tertiary/aromatic N) is 1. The van der Waals surface area contributed by atoms with E-state index in [9.17, 15) is 13.2 Å². The first kappa shape index (κ1) is 17.5. The van der Waals surface area contributed by atoms with Crippen LogP contribution < -0.4 is 4.31 Å². The monoisotopic (exact) mass is 397 g/mol. The summed E-state index contributed by atoms with van der Waals surface area (Å²) in [5.41, 5.74) is 0.478. The fourth-order valence-corrected chi connectivity index (χ4v) is 3.50. The molecular formula is C16H16BrNO4S. The van der Waals surface area contributed by atoms with E-state index < -0.39 is 16.0 Å². The third-order valence-corrected chi connectivity index (χ3v) is 5.53. The van der Waals surface area contributed by atoms with Crippen LogP contribution in [0.3, 0.4) is 0 Å². The number of carbonyl (C=O) groups is 1. The van der Waals surface area contributed by atoms with Crippen molar-refractivity contribution in [3.05, 3.63) is 58.6 Å². The summed E-state index contributed by atoms with van der Waals surface area (Å²) >= 11 is 3.27. The molecule has 0 spiro atoms. The van der Waals surface area contributed by atoms with Crippen molar-refractivity contribution in [3.63, 3.8) is 0 Å². The van der Waals surface area contributed by atoms with Crippen molar-refractivity contribution >= 4 is 37.6 Å². The van der Waals surface area contributed by atoms with E-state index in [0.717, 1.165) is 8.78 Å². The number of rotatable bonds is 5. The lowest BCUT2D eigenvalue weighted by molar-refractivity contribution is 0.0527. The Balaban J connectivity index is 2.46. The van der Waals surface area contributed by atoms with Gasteiger partial charge in [-0.1, -0.05) is 28.1 Å². The highest BCUT2D eigenvalue weighted by Crippen LogP contribution is 2.26. The highest BCUT2D eigenvalue weighted by molar-refractivity contribution is 9.10. The molecule has 0 bridgehead atoms. The minimum absolute atomic E-state index is 0.141. The lowest BCUT2D eigenvalue weighted by atomic mass is 10.2. The van der Waals surface area contributed by atoms with Crippen LogP contribution in [0.5, 0.6) is 0 Å². The minimum atomic E-state index is -3.78. The summed E-state index contributed by atoms with van der Waals surface area (Å²) in [6.07, 6.45) is 0.